The van der Waals surface area contributed by atoms with E-state index in [0.717, 1.165) is 11.3 Å². The van der Waals surface area contributed by atoms with E-state index in [9.17, 15) is 14.9 Å². The molecule has 2 heterocycles. The van der Waals surface area contributed by atoms with E-state index in [1.807, 2.05) is 41.0 Å². The lowest BCUT2D eigenvalue weighted by Crippen LogP contribution is -2.22. The van der Waals surface area contributed by atoms with Gasteiger partial charge in [-0.2, -0.15) is 0 Å². The van der Waals surface area contributed by atoms with Crippen molar-refractivity contribution < 1.29 is 14.5 Å². The minimum atomic E-state index is -0.530. The number of carbonyl (C=O) groups is 1. The molecular weight excluding hydrogens is 456 g/mol. The van der Waals surface area contributed by atoms with Gasteiger partial charge in [-0.25, -0.2) is 0 Å². The standard InChI is InChI=1S/C23H20N6O4S/c1-15(22(30)25-17-5-7-19(8-6-17)29(31)32)34-23-27-26-21(16-4-3-13-24-14-16)28(23)18-9-11-20(33-2)12-10-18/h3-15H,1-2H3,(H,25,30)/t15-/m0/s1. The smallest absolute Gasteiger partial charge is 0.269 e. The van der Waals surface area contributed by atoms with E-state index in [1.165, 1.54) is 36.0 Å². The SMILES string of the molecule is COc1ccc(-n2c(S[C@@H](C)C(=O)Nc3ccc([N+](=O)[O-])cc3)nnc2-c2cccnc2)cc1. The number of hydrogen-bond donors (Lipinski definition) is 1. The molecule has 2 aromatic carbocycles. The number of pyridine rings is 1. The zero-order valence-electron chi connectivity index (χ0n) is 18.3. The Morgan fingerprint density at radius 1 is 1.12 bits per heavy atom. The zero-order chi connectivity index (χ0) is 24.1. The van der Waals surface area contributed by atoms with Gasteiger partial charge in [-0.3, -0.25) is 24.5 Å². The average molecular weight is 477 g/mol. The number of benzene rings is 2. The van der Waals surface area contributed by atoms with Crippen LogP contribution < -0.4 is 10.1 Å². The summed E-state index contributed by atoms with van der Waals surface area (Å²) in [6.07, 6.45) is 3.38. The van der Waals surface area contributed by atoms with Crippen LogP contribution in [0.25, 0.3) is 17.1 Å². The minimum Gasteiger partial charge on any atom is -0.497 e. The van der Waals surface area contributed by atoms with E-state index in [2.05, 4.69) is 20.5 Å². The second-order valence-electron chi connectivity index (χ2n) is 7.13. The van der Waals surface area contributed by atoms with Crippen LogP contribution >= 0.6 is 11.8 Å². The maximum absolute atomic E-state index is 12.8. The van der Waals surface area contributed by atoms with Gasteiger partial charge in [0.1, 0.15) is 5.75 Å². The van der Waals surface area contributed by atoms with Gasteiger partial charge in [0, 0.05) is 41.5 Å². The van der Waals surface area contributed by atoms with Crippen molar-refractivity contribution in [2.45, 2.75) is 17.3 Å². The fourth-order valence-electron chi connectivity index (χ4n) is 3.11. The normalized spacial score (nSPS) is 11.6. The monoisotopic (exact) mass is 476 g/mol. The summed E-state index contributed by atoms with van der Waals surface area (Å²) in [6.45, 7) is 1.75. The molecule has 0 saturated heterocycles. The van der Waals surface area contributed by atoms with Crippen molar-refractivity contribution in [2.75, 3.05) is 12.4 Å². The Balaban J connectivity index is 1.59. The number of nitrogens with one attached hydrogen (secondary N) is 1. The molecule has 0 aliphatic rings. The van der Waals surface area contributed by atoms with Crippen LogP contribution in [-0.4, -0.2) is 42.9 Å². The van der Waals surface area contributed by atoms with Crippen molar-refractivity contribution in [1.82, 2.24) is 19.7 Å². The van der Waals surface area contributed by atoms with Gasteiger partial charge in [-0.05, 0) is 55.5 Å². The lowest BCUT2D eigenvalue weighted by Gasteiger charge is -2.14. The first-order valence-electron chi connectivity index (χ1n) is 10.2. The topological polar surface area (TPSA) is 125 Å². The van der Waals surface area contributed by atoms with Gasteiger partial charge in [0.05, 0.1) is 17.3 Å². The molecule has 4 rings (SSSR count). The van der Waals surface area contributed by atoms with Crippen LogP contribution in [0, 0.1) is 10.1 Å². The predicted molar refractivity (Wildman–Crippen MR) is 128 cm³/mol. The first kappa shape index (κ1) is 22.9. The lowest BCUT2D eigenvalue weighted by molar-refractivity contribution is -0.384. The van der Waals surface area contributed by atoms with Crippen molar-refractivity contribution in [2.24, 2.45) is 0 Å². The molecular formula is C23H20N6O4S. The molecule has 1 atom stereocenters. The Kier molecular flexibility index (Phi) is 6.83. The number of nitrogens with zero attached hydrogens (tertiary/aromatic N) is 5. The quantitative estimate of drug-likeness (QED) is 0.226. The van der Waals surface area contributed by atoms with Crippen molar-refractivity contribution in [1.29, 1.82) is 0 Å². The molecule has 11 heteroatoms. The summed E-state index contributed by atoms with van der Waals surface area (Å²) < 4.78 is 7.12. The third-order valence-corrected chi connectivity index (χ3v) is 5.92. The van der Waals surface area contributed by atoms with Gasteiger partial charge in [-0.15, -0.1) is 10.2 Å². The van der Waals surface area contributed by atoms with Crippen LogP contribution in [0.4, 0.5) is 11.4 Å². The van der Waals surface area contributed by atoms with Gasteiger partial charge < -0.3 is 10.1 Å². The molecule has 34 heavy (non-hydrogen) atoms. The Bertz CT molecular complexity index is 1290. The molecule has 0 fully saturated rings. The molecule has 0 radical (unpaired) electrons. The largest absolute Gasteiger partial charge is 0.497 e. The first-order chi connectivity index (χ1) is 16.5. The summed E-state index contributed by atoms with van der Waals surface area (Å²) >= 11 is 1.24. The number of ether oxygens (including phenoxy) is 1. The van der Waals surface area contributed by atoms with Crippen LogP contribution in [0.2, 0.25) is 0 Å². The molecule has 1 N–H and O–H groups in total. The van der Waals surface area contributed by atoms with Crippen LogP contribution in [-0.2, 0) is 4.79 Å². The summed E-state index contributed by atoms with van der Waals surface area (Å²) in [5.74, 6) is 1.03. The molecule has 172 valence electrons. The lowest BCUT2D eigenvalue weighted by atomic mass is 10.2. The van der Waals surface area contributed by atoms with Crippen LogP contribution in [0.5, 0.6) is 5.75 Å². The molecule has 0 aliphatic carbocycles. The van der Waals surface area contributed by atoms with Gasteiger partial charge in [0.25, 0.3) is 5.69 Å². The molecule has 0 aliphatic heterocycles. The summed E-state index contributed by atoms with van der Waals surface area (Å²) in [5, 5.41) is 22.3. The highest BCUT2D eigenvalue weighted by Crippen LogP contribution is 2.31. The van der Waals surface area contributed by atoms with Crippen LogP contribution in [0.1, 0.15) is 6.92 Å². The molecule has 0 saturated carbocycles. The Morgan fingerprint density at radius 3 is 2.47 bits per heavy atom. The first-order valence-corrected chi connectivity index (χ1v) is 11.1. The number of rotatable bonds is 8. The molecule has 1 amide bonds. The number of carbonyl (C=O) groups excluding carboxylic acids is 1. The van der Waals surface area contributed by atoms with E-state index in [1.54, 1.807) is 26.4 Å². The maximum Gasteiger partial charge on any atom is 0.269 e. The average Bonchev–Trinajstić information content (AvgIpc) is 3.28. The van der Waals surface area contributed by atoms with Crippen molar-refractivity contribution >= 4 is 29.0 Å². The van der Waals surface area contributed by atoms with Crippen molar-refractivity contribution in [3.8, 4) is 22.8 Å². The number of nitro groups is 1. The van der Waals surface area contributed by atoms with E-state index >= 15 is 0 Å². The highest BCUT2D eigenvalue weighted by Gasteiger charge is 2.22. The number of nitro benzene ring substituents is 1. The number of anilines is 1. The molecule has 0 bridgehead atoms. The van der Waals surface area contributed by atoms with E-state index < -0.39 is 10.2 Å². The molecule has 0 spiro atoms. The second-order valence-corrected chi connectivity index (χ2v) is 8.44. The predicted octanol–water partition coefficient (Wildman–Crippen LogP) is 4.37. The summed E-state index contributed by atoms with van der Waals surface area (Å²) in [7, 11) is 1.60. The van der Waals surface area contributed by atoms with Crippen molar-refractivity contribution in [3.63, 3.8) is 0 Å². The van der Waals surface area contributed by atoms with Gasteiger partial charge in [0.15, 0.2) is 11.0 Å². The Hall–Kier alpha value is -4.25. The van der Waals surface area contributed by atoms with Crippen molar-refractivity contribution in [3.05, 3.63) is 83.2 Å². The van der Waals surface area contributed by atoms with E-state index in [0.29, 0.717) is 22.4 Å². The highest BCUT2D eigenvalue weighted by atomic mass is 32.2. The summed E-state index contributed by atoms with van der Waals surface area (Å²) in [4.78, 5) is 27.3. The molecule has 2 aromatic heterocycles. The highest BCUT2D eigenvalue weighted by molar-refractivity contribution is 8.00. The van der Waals surface area contributed by atoms with Crippen LogP contribution in [0.15, 0.2) is 78.2 Å². The van der Waals surface area contributed by atoms with Gasteiger partial charge in [0.2, 0.25) is 5.91 Å². The molecule has 4 aromatic rings. The maximum atomic E-state index is 12.8. The third kappa shape index (κ3) is 5.04. The van der Waals surface area contributed by atoms with Crippen LogP contribution in [0.3, 0.4) is 0 Å². The van der Waals surface area contributed by atoms with E-state index in [-0.39, 0.29) is 11.6 Å². The zero-order valence-corrected chi connectivity index (χ0v) is 19.1. The van der Waals surface area contributed by atoms with E-state index in [4.69, 9.17) is 4.74 Å². The number of aromatic nitrogens is 4. The summed E-state index contributed by atoms with van der Waals surface area (Å²) in [5.41, 5.74) is 2.00. The second kappa shape index (κ2) is 10.1. The fourth-order valence-corrected chi connectivity index (χ4v) is 3.98. The molecule has 10 nitrogen and oxygen atoms in total. The summed E-state index contributed by atoms with van der Waals surface area (Å²) in [6, 6.07) is 16.8. The number of amides is 1. The van der Waals surface area contributed by atoms with Gasteiger partial charge >= 0.3 is 0 Å². The Labute approximate surface area is 199 Å². The number of non-ortho nitro benzene ring substituents is 1. The van der Waals surface area contributed by atoms with Gasteiger partial charge in [-0.1, -0.05) is 11.8 Å². The fraction of sp³-hybridized carbons (Fsp3) is 0.130. The minimum absolute atomic E-state index is 0.0454. The number of hydrogen-bond acceptors (Lipinski definition) is 8. The number of thioether (sulfide) groups is 1. The third-order valence-electron chi connectivity index (χ3n) is 4.88. The number of methoxy groups -OCH3 is 1. The Morgan fingerprint density at radius 2 is 1.85 bits per heavy atom. The molecule has 0 unspecified atom stereocenters.